The van der Waals surface area contributed by atoms with Crippen molar-refractivity contribution in [2.24, 2.45) is 0 Å². The Labute approximate surface area is 158 Å². The summed E-state index contributed by atoms with van der Waals surface area (Å²) in [7, 11) is 3.75. The van der Waals surface area contributed by atoms with E-state index in [9.17, 15) is 0 Å². The van der Waals surface area contributed by atoms with Crippen LogP contribution in [0.5, 0.6) is 11.5 Å². The summed E-state index contributed by atoms with van der Waals surface area (Å²) in [5.41, 5.74) is 2.26. The Bertz CT molecular complexity index is 805. The molecule has 136 valence electrons. The van der Waals surface area contributed by atoms with E-state index in [1.807, 2.05) is 36.5 Å². The smallest absolute Gasteiger partial charge is 0.140 e. The van der Waals surface area contributed by atoms with Gasteiger partial charge in [0.25, 0.3) is 0 Å². The van der Waals surface area contributed by atoms with Gasteiger partial charge in [0.2, 0.25) is 0 Å². The lowest BCUT2D eigenvalue weighted by molar-refractivity contribution is 0.249. The molecule has 0 amide bonds. The van der Waals surface area contributed by atoms with Crippen molar-refractivity contribution in [2.75, 3.05) is 14.2 Å². The molecule has 0 aliphatic carbocycles. The van der Waals surface area contributed by atoms with Gasteiger partial charge < -0.3 is 9.47 Å². The number of nitrogens with zero attached hydrogens (tertiary/aromatic N) is 3. The maximum absolute atomic E-state index is 5.80. The topological polar surface area (TPSA) is 47.5 Å². The van der Waals surface area contributed by atoms with Crippen LogP contribution in [0.4, 0.5) is 0 Å². The van der Waals surface area contributed by atoms with E-state index in [1.165, 1.54) is 5.56 Å². The molecule has 2 aromatic heterocycles. The Kier molecular flexibility index (Phi) is 6.20. The van der Waals surface area contributed by atoms with Crippen molar-refractivity contribution in [3.63, 3.8) is 0 Å². The van der Waals surface area contributed by atoms with Crippen LogP contribution in [0.25, 0.3) is 0 Å². The van der Waals surface area contributed by atoms with Gasteiger partial charge in [0, 0.05) is 30.4 Å². The largest absolute Gasteiger partial charge is 0.497 e. The standard InChI is InChI=1S/C20H23N3O2S/c1-15(16-5-4-10-21-11-16)23(2)12-17-14-26-20(22-17)13-25-19-8-6-18(24-3)7-9-19/h4-11,14-15H,12-13H2,1-3H3. The molecule has 0 aliphatic rings. The number of methoxy groups -OCH3 is 1. The molecule has 0 N–H and O–H groups in total. The Morgan fingerprint density at radius 2 is 1.92 bits per heavy atom. The first-order chi connectivity index (χ1) is 12.7. The van der Waals surface area contributed by atoms with Crippen molar-refractivity contribution in [1.29, 1.82) is 0 Å². The number of hydrogen-bond donors (Lipinski definition) is 0. The van der Waals surface area contributed by atoms with Crippen LogP contribution in [0.1, 0.15) is 29.2 Å². The second-order valence-corrected chi connectivity index (χ2v) is 7.02. The molecule has 1 atom stereocenters. The molecule has 3 rings (SSSR count). The highest BCUT2D eigenvalue weighted by atomic mass is 32.1. The zero-order valence-corrected chi connectivity index (χ0v) is 16.1. The van der Waals surface area contributed by atoms with Gasteiger partial charge in [-0.1, -0.05) is 6.07 Å². The molecule has 26 heavy (non-hydrogen) atoms. The van der Waals surface area contributed by atoms with E-state index in [1.54, 1.807) is 24.6 Å². The molecule has 0 radical (unpaired) electrons. The third-order valence-corrected chi connectivity index (χ3v) is 5.13. The van der Waals surface area contributed by atoms with E-state index in [4.69, 9.17) is 9.47 Å². The monoisotopic (exact) mass is 369 g/mol. The average Bonchev–Trinajstić information content (AvgIpc) is 3.14. The maximum atomic E-state index is 5.80. The Balaban J connectivity index is 1.54. The fourth-order valence-electron chi connectivity index (χ4n) is 2.57. The summed E-state index contributed by atoms with van der Waals surface area (Å²) < 4.78 is 10.9. The SMILES string of the molecule is COc1ccc(OCc2nc(CN(C)C(C)c3cccnc3)cs2)cc1. The summed E-state index contributed by atoms with van der Waals surface area (Å²) in [6.07, 6.45) is 3.71. The highest BCUT2D eigenvalue weighted by Gasteiger charge is 2.13. The molecule has 0 fully saturated rings. The summed E-state index contributed by atoms with van der Waals surface area (Å²) in [5, 5.41) is 3.07. The minimum Gasteiger partial charge on any atom is -0.497 e. The number of rotatable bonds is 8. The molecule has 0 saturated heterocycles. The van der Waals surface area contributed by atoms with E-state index in [-0.39, 0.29) is 6.04 Å². The van der Waals surface area contributed by atoms with Crippen LogP contribution in [-0.2, 0) is 13.2 Å². The van der Waals surface area contributed by atoms with Gasteiger partial charge in [0.15, 0.2) is 0 Å². The molecule has 1 aromatic carbocycles. The van der Waals surface area contributed by atoms with Gasteiger partial charge in [0.1, 0.15) is 23.1 Å². The van der Waals surface area contributed by atoms with Gasteiger partial charge in [-0.15, -0.1) is 11.3 Å². The molecule has 0 saturated carbocycles. The molecular weight excluding hydrogens is 346 g/mol. The van der Waals surface area contributed by atoms with Crippen LogP contribution in [0.3, 0.4) is 0 Å². The van der Waals surface area contributed by atoms with Crippen LogP contribution >= 0.6 is 11.3 Å². The first-order valence-electron chi connectivity index (χ1n) is 8.46. The maximum Gasteiger partial charge on any atom is 0.140 e. The quantitative estimate of drug-likeness (QED) is 0.592. The van der Waals surface area contributed by atoms with Crippen LogP contribution in [-0.4, -0.2) is 29.0 Å². The zero-order valence-electron chi connectivity index (χ0n) is 15.3. The van der Waals surface area contributed by atoms with Crippen molar-refractivity contribution in [3.8, 4) is 11.5 Å². The minimum absolute atomic E-state index is 0.282. The van der Waals surface area contributed by atoms with E-state index in [0.29, 0.717) is 6.61 Å². The number of aromatic nitrogens is 2. The molecule has 0 aliphatic heterocycles. The number of pyridine rings is 1. The highest BCUT2D eigenvalue weighted by Crippen LogP contribution is 2.22. The zero-order chi connectivity index (χ0) is 18.4. The third kappa shape index (κ3) is 4.80. The Morgan fingerprint density at radius 3 is 2.62 bits per heavy atom. The first-order valence-corrected chi connectivity index (χ1v) is 9.34. The number of hydrogen-bond acceptors (Lipinski definition) is 6. The first kappa shape index (κ1) is 18.4. The van der Waals surface area contributed by atoms with Crippen molar-refractivity contribution < 1.29 is 9.47 Å². The van der Waals surface area contributed by atoms with E-state index in [0.717, 1.165) is 28.7 Å². The van der Waals surface area contributed by atoms with E-state index in [2.05, 4.69) is 40.3 Å². The fourth-order valence-corrected chi connectivity index (χ4v) is 3.27. The molecule has 1 unspecified atom stereocenters. The highest BCUT2D eigenvalue weighted by molar-refractivity contribution is 7.09. The number of thiazole rings is 1. The summed E-state index contributed by atoms with van der Waals surface area (Å²) in [6, 6.07) is 11.9. The van der Waals surface area contributed by atoms with Crippen molar-refractivity contribution in [1.82, 2.24) is 14.9 Å². The molecule has 0 spiro atoms. The van der Waals surface area contributed by atoms with Gasteiger partial charge in [-0.05, 0) is 49.9 Å². The van der Waals surface area contributed by atoms with E-state index >= 15 is 0 Å². The number of benzene rings is 1. The molecule has 2 heterocycles. The van der Waals surface area contributed by atoms with Crippen molar-refractivity contribution >= 4 is 11.3 Å². The Hall–Kier alpha value is -2.44. The fraction of sp³-hybridized carbons (Fsp3) is 0.300. The van der Waals surface area contributed by atoms with Crippen molar-refractivity contribution in [2.45, 2.75) is 26.1 Å². The second-order valence-electron chi connectivity index (χ2n) is 6.07. The van der Waals surface area contributed by atoms with Crippen LogP contribution in [0, 0.1) is 0 Å². The van der Waals surface area contributed by atoms with E-state index < -0.39 is 0 Å². The lowest BCUT2D eigenvalue weighted by Crippen LogP contribution is -2.22. The predicted molar refractivity (Wildman–Crippen MR) is 104 cm³/mol. The lowest BCUT2D eigenvalue weighted by Gasteiger charge is -2.23. The molecule has 6 heteroatoms. The van der Waals surface area contributed by atoms with Gasteiger partial charge >= 0.3 is 0 Å². The Morgan fingerprint density at radius 1 is 1.15 bits per heavy atom. The molecule has 3 aromatic rings. The number of ether oxygens (including phenoxy) is 2. The summed E-state index contributed by atoms with van der Waals surface area (Å²) in [5.74, 6) is 1.63. The van der Waals surface area contributed by atoms with Crippen LogP contribution in [0.15, 0.2) is 54.2 Å². The minimum atomic E-state index is 0.282. The van der Waals surface area contributed by atoms with Crippen molar-refractivity contribution in [3.05, 3.63) is 70.4 Å². The van der Waals surface area contributed by atoms with Gasteiger partial charge in [-0.2, -0.15) is 0 Å². The summed E-state index contributed by atoms with van der Waals surface area (Å²) in [4.78, 5) is 11.1. The van der Waals surface area contributed by atoms with Gasteiger partial charge in [-0.3, -0.25) is 9.88 Å². The molecule has 5 nitrogen and oxygen atoms in total. The summed E-state index contributed by atoms with van der Waals surface area (Å²) >= 11 is 1.63. The molecule has 0 bridgehead atoms. The second kappa shape index (κ2) is 8.78. The van der Waals surface area contributed by atoms with Crippen LogP contribution < -0.4 is 9.47 Å². The third-order valence-electron chi connectivity index (χ3n) is 4.26. The van der Waals surface area contributed by atoms with Crippen LogP contribution in [0.2, 0.25) is 0 Å². The normalized spacial score (nSPS) is 12.2. The summed E-state index contributed by atoms with van der Waals surface area (Å²) in [6.45, 7) is 3.44. The molecular formula is C20H23N3O2S. The average molecular weight is 369 g/mol. The van der Waals surface area contributed by atoms with Gasteiger partial charge in [-0.25, -0.2) is 4.98 Å². The lowest BCUT2D eigenvalue weighted by atomic mass is 10.1. The predicted octanol–water partition coefficient (Wildman–Crippen LogP) is 4.32. The van der Waals surface area contributed by atoms with Gasteiger partial charge in [0.05, 0.1) is 12.8 Å².